The van der Waals surface area contributed by atoms with Crippen LogP contribution in [0.25, 0.3) is 0 Å². The fourth-order valence-corrected chi connectivity index (χ4v) is 2.06. The van der Waals surface area contributed by atoms with Crippen LogP contribution in [0.5, 0.6) is 0 Å². The van der Waals surface area contributed by atoms with Gasteiger partial charge < -0.3 is 5.32 Å². The second kappa shape index (κ2) is 4.16. The number of aromatic nitrogens is 2. The molecule has 82 valence electrons. The molecule has 1 aromatic rings. The molecule has 0 amide bonds. The number of halogens is 1. The van der Waals surface area contributed by atoms with Crippen molar-refractivity contribution in [2.75, 3.05) is 13.1 Å². The molecular weight excluding hydrogens is 220 g/mol. The Morgan fingerprint density at radius 1 is 1.73 bits per heavy atom. The third kappa shape index (κ3) is 1.95. The van der Waals surface area contributed by atoms with Crippen LogP contribution in [-0.4, -0.2) is 27.8 Å². The summed E-state index contributed by atoms with van der Waals surface area (Å²) in [7, 11) is 0. The van der Waals surface area contributed by atoms with Crippen LogP contribution >= 0.6 is 11.6 Å². The molecule has 7 heteroatoms. The van der Waals surface area contributed by atoms with E-state index >= 15 is 0 Å². The van der Waals surface area contributed by atoms with Gasteiger partial charge >= 0.3 is 5.69 Å². The van der Waals surface area contributed by atoms with Gasteiger partial charge in [-0.3, -0.25) is 10.1 Å². The van der Waals surface area contributed by atoms with Crippen LogP contribution in [-0.2, 0) is 0 Å². The summed E-state index contributed by atoms with van der Waals surface area (Å²) < 4.78 is 1.53. The third-order valence-corrected chi connectivity index (χ3v) is 2.90. The fraction of sp³-hybridized carbons (Fsp3) is 0.625. The Labute approximate surface area is 91.4 Å². The van der Waals surface area contributed by atoms with E-state index in [0.717, 1.165) is 25.9 Å². The molecule has 0 spiro atoms. The topological polar surface area (TPSA) is 73.0 Å². The molecule has 6 nitrogen and oxygen atoms in total. The maximum atomic E-state index is 10.6. The van der Waals surface area contributed by atoms with E-state index in [2.05, 4.69) is 10.4 Å². The highest BCUT2D eigenvalue weighted by Crippen LogP contribution is 2.28. The number of hydrogen-bond acceptors (Lipinski definition) is 4. The zero-order valence-electron chi connectivity index (χ0n) is 8.02. The van der Waals surface area contributed by atoms with E-state index in [1.807, 2.05) is 0 Å². The van der Waals surface area contributed by atoms with Crippen molar-refractivity contribution in [2.24, 2.45) is 0 Å². The second-order valence-corrected chi connectivity index (χ2v) is 3.88. The van der Waals surface area contributed by atoms with Gasteiger partial charge in [-0.25, -0.2) is 4.68 Å². The highest BCUT2D eigenvalue weighted by molar-refractivity contribution is 6.31. The Hall–Kier alpha value is -1.14. The highest BCUT2D eigenvalue weighted by Gasteiger charge is 2.24. The SMILES string of the molecule is O=[N+]([O-])c1cnn(C2CCCNC2)c1Cl. The number of nitrogens with one attached hydrogen (secondary N) is 1. The van der Waals surface area contributed by atoms with E-state index < -0.39 is 4.92 Å². The van der Waals surface area contributed by atoms with Gasteiger partial charge in [0.05, 0.1) is 11.0 Å². The molecule has 1 fully saturated rings. The summed E-state index contributed by atoms with van der Waals surface area (Å²) in [6.07, 6.45) is 3.19. The van der Waals surface area contributed by atoms with E-state index in [4.69, 9.17) is 11.6 Å². The van der Waals surface area contributed by atoms with E-state index in [0.29, 0.717) is 0 Å². The second-order valence-electron chi connectivity index (χ2n) is 3.52. The first-order chi connectivity index (χ1) is 7.20. The first kappa shape index (κ1) is 10.4. The van der Waals surface area contributed by atoms with Crippen LogP contribution in [0.2, 0.25) is 5.15 Å². The maximum absolute atomic E-state index is 10.6. The van der Waals surface area contributed by atoms with Crippen molar-refractivity contribution in [3.05, 3.63) is 21.5 Å². The van der Waals surface area contributed by atoms with E-state index in [1.54, 1.807) is 0 Å². The average molecular weight is 231 g/mol. The fourth-order valence-electron chi connectivity index (χ4n) is 1.76. The third-order valence-electron chi connectivity index (χ3n) is 2.53. The van der Waals surface area contributed by atoms with Gasteiger partial charge in [-0.05, 0) is 19.4 Å². The van der Waals surface area contributed by atoms with Crippen molar-refractivity contribution in [3.63, 3.8) is 0 Å². The first-order valence-corrected chi connectivity index (χ1v) is 5.16. The molecular formula is C8H11ClN4O2. The van der Waals surface area contributed by atoms with Gasteiger partial charge in [0.1, 0.15) is 6.20 Å². The Morgan fingerprint density at radius 2 is 2.53 bits per heavy atom. The summed E-state index contributed by atoms with van der Waals surface area (Å²) in [4.78, 5) is 10.1. The van der Waals surface area contributed by atoms with Gasteiger partial charge in [0.25, 0.3) is 0 Å². The lowest BCUT2D eigenvalue weighted by molar-refractivity contribution is -0.384. The molecule has 15 heavy (non-hydrogen) atoms. The maximum Gasteiger partial charge on any atom is 0.325 e. The summed E-state index contributed by atoms with van der Waals surface area (Å²) in [5.41, 5.74) is -0.123. The van der Waals surface area contributed by atoms with Gasteiger partial charge in [-0.1, -0.05) is 11.6 Å². The van der Waals surface area contributed by atoms with Crippen molar-refractivity contribution < 1.29 is 4.92 Å². The molecule has 0 saturated carbocycles. The van der Waals surface area contributed by atoms with Crippen molar-refractivity contribution in [1.29, 1.82) is 0 Å². The number of piperidine rings is 1. The van der Waals surface area contributed by atoms with Crippen molar-refractivity contribution >= 4 is 17.3 Å². The van der Waals surface area contributed by atoms with E-state index in [9.17, 15) is 10.1 Å². The van der Waals surface area contributed by atoms with Crippen molar-refractivity contribution in [3.8, 4) is 0 Å². The normalized spacial score (nSPS) is 21.5. The molecule has 1 aliphatic heterocycles. The number of nitro groups is 1. The zero-order valence-corrected chi connectivity index (χ0v) is 8.78. The summed E-state index contributed by atoms with van der Waals surface area (Å²) in [5, 5.41) is 17.9. The molecule has 1 atom stereocenters. The lowest BCUT2D eigenvalue weighted by Gasteiger charge is -2.23. The number of nitrogens with zero attached hydrogens (tertiary/aromatic N) is 3. The van der Waals surface area contributed by atoms with Crippen molar-refractivity contribution in [1.82, 2.24) is 15.1 Å². The average Bonchev–Trinajstić information content (AvgIpc) is 2.61. The Balaban J connectivity index is 2.24. The molecule has 2 rings (SSSR count). The monoisotopic (exact) mass is 230 g/mol. The van der Waals surface area contributed by atoms with Crippen LogP contribution < -0.4 is 5.32 Å². The van der Waals surface area contributed by atoms with E-state index in [-0.39, 0.29) is 16.9 Å². The van der Waals surface area contributed by atoms with Crippen LogP contribution in [0.15, 0.2) is 6.20 Å². The quantitative estimate of drug-likeness (QED) is 0.615. The Kier molecular flexibility index (Phi) is 2.88. The summed E-state index contributed by atoms with van der Waals surface area (Å²) >= 11 is 5.88. The predicted octanol–water partition coefficient (Wildman–Crippen LogP) is 1.37. The van der Waals surface area contributed by atoms with Gasteiger partial charge in [0.2, 0.25) is 5.15 Å². The largest absolute Gasteiger partial charge is 0.325 e. The molecule has 1 aromatic heterocycles. The minimum atomic E-state index is -0.512. The smallest absolute Gasteiger partial charge is 0.315 e. The molecule has 0 aromatic carbocycles. The minimum absolute atomic E-state index is 0.119. The lowest BCUT2D eigenvalue weighted by atomic mass is 10.1. The van der Waals surface area contributed by atoms with Gasteiger partial charge in [-0.2, -0.15) is 5.10 Å². The molecule has 1 saturated heterocycles. The van der Waals surface area contributed by atoms with Gasteiger partial charge in [0, 0.05) is 6.54 Å². The molecule has 0 radical (unpaired) electrons. The standard InChI is InChI=1S/C8H11ClN4O2/c9-8-7(13(14)15)5-11-12(8)6-2-1-3-10-4-6/h5-6,10H,1-4H2. The molecule has 1 aliphatic rings. The molecule has 2 heterocycles. The minimum Gasteiger partial charge on any atom is -0.315 e. The molecule has 1 unspecified atom stereocenters. The van der Waals surface area contributed by atoms with Gasteiger partial charge in [-0.15, -0.1) is 0 Å². The van der Waals surface area contributed by atoms with Crippen LogP contribution in [0.1, 0.15) is 18.9 Å². The van der Waals surface area contributed by atoms with Crippen LogP contribution in [0, 0.1) is 10.1 Å². The van der Waals surface area contributed by atoms with Crippen molar-refractivity contribution in [2.45, 2.75) is 18.9 Å². The predicted molar refractivity (Wildman–Crippen MR) is 55.0 cm³/mol. The molecule has 0 bridgehead atoms. The first-order valence-electron chi connectivity index (χ1n) is 4.78. The highest BCUT2D eigenvalue weighted by atomic mass is 35.5. The summed E-state index contributed by atoms with van der Waals surface area (Å²) in [6, 6.07) is 0.125. The van der Waals surface area contributed by atoms with E-state index in [1.165, 1.54) is 10.9 Å². The summed E-state index contributed by atoms with van der Waals surface area (Å²) in [6.45, 7) is 1.75. The van der Waals surface area contributed by atoms with Crippen LogP contribution in [0.3, 0.4) is 0 Å². The summed E-state index contributed by atoms with van der Waals surface area (Å²) in [5.74, 6) is 0. The zero-order chi connectivity index (χ0) is 10.8. The molecule has 0 aliphatic carbocycles. The Bertz CT molecular complexity index is 373. The van der Waals surface area contributed by atoms with Crippen LogP contribution in [0.4, 0.5) is 5.69 Å². The molecule has 1 N–H and O–H groups in total. The number of rotatable bonds is 2. The Morgan fingerprint density at radius 3 is 3.07 bits per heavy atom. The van der Waals surface area contributed by atoms with Gasteiger partial charge in [0.15, 0.2) is 0 Å². The number of hydrogen-bond donors (Lipinski definition) is 1. The lowest BCUT2D eigenvalue weighted by Crippen LogP contribution is -2.32.